The summed E-state index contributed by atoms with van der Waals surface area (Å²) < 4.78 is 42.7. The van der Waals surface area contributed by atoms with E-state index in [1.807, 2.05) is 18.5 Å². The molecule has 7 nitrogen and oxygen atoms in total. The van der Waals surface area contributed by atoms with Crippen molar-refractivity contribution in [3.8, 4) is 0 Å². The third-order valence-electron chi connectivity index (χ3n) is 4.96. The van der Waals surface area contributed by atoms with Crippen molar-refractivity contribution < 1.29 is 22.8 Å². The summed E-state index contributed by atoms with van der Waals surface area (Å²) in [5.41, 5.74) is 6.95. The molecule has 164 valence electrons. The van der Waals surface area contributed by atoms with Crippen LogP contribution in [0.25, 0.3) is 5.65 Å². The predicted molar refractivity (Wildman–Crippen MR) is 108 cm³/mol. The Balaban J connectivity index is 0.000000858. The fourth-order valence-electron chi connectivity index (χ4n) is 3.64. The number of pyridine rings is 1. The fourth-order valence-corrected chi connectivity index (χ4v) is 3.64. The molecule has 3 aromatic rings. The summed E-state index contributed by atoms with van der Waals surface area (Å²) in [4.78, 5) is 26.8. The number of nitrogens with one attached hydrogen (secondary N) is 3. The Morgan fingerprint density at radius 1 is 1.16 bits per heavy atom. The summed E-state index contributed by atoms with van der Waals surface area (Å²) in [5.74, 6) is -3.85. The van der Waals surface area contributed by atoms with Crippen molar-refractivity contribution in [2.75, 3.05) is 14.1 Å². The zero-order valence-electron chi connectivity index (χ0n) is 17.0. The van der Waals surface area contributed by atoms with E-state index < -0.39 is 23.4 Å². The molecular weight excluding hydrogens is 411 g/mol. The normalized spacial score (nSPS) is 14.9. The van der Waals surface area contributed by atoms with E-state index >= 15 is 0 Å². The molecular formula is C21H22F3N5O2. The number of aryl methyl sites for hydroxylation is 1. The van der Waals surface area contributed by atoms with Crippen molar-refractivity contribution >= 4 is 18.0 Å². The largest absolute Gasteiger partial charge is 0.323 e. The third kappa shape index (κ3) is 4.69. The number of hydrazine groups is 1. The van der Waals surface area contributed by atoms with Crippen LogP contribution in [-0.4, -0.2) is 35.8 Å². The monoisotopic (exact) mass is 433 g/mol. The Morgan fingerprint density at radius 3 is 2.58 bits per heavy atom. The van der Waals surface area contributed by atoms with Crippen LogP contribution in [0.4, 0.5) is 13.2 Å². The van der Waals surface area contributed by atoms with Crippen LogP contribution in [0.5, 0.6) is 0 Å². The Morgan fingerprint density at radius 2 is 1.87 bits per heavy atom. The van der Waals surface area contributed by atoms with Crippen LogP contribution in [0.15, 0.2) is 30.5 Å². The van der Waals surface area contributed by atoms with Crippen LogP contribution in [0.1, 0.15) is 39.6 Å². The molecule has 2 aromatic heterocycles. The molecule has 4 rings (SSSR count). The number of hydrogen-bond acceptors (Lipinski definition) is 4. The van der Waals surface area contributed by atoms with Gasteiger partial charge in [-0.25, -0.2) is 18.2 Å². The van der Waals surface area contributed by atoms with Crippen LogP contribution < -0.4 is 16.2 Å². The maximum Gasteiger partial charge on any atom is 0.269 e. The van der Waals surface area contributed by atoms with Crippen LogP contribution in [0.3, 0.4) is 0 Å². The van der Waals surface area contributed by atoms with Crippen LogP contribution >= 0.6 is 0 Å². The minimum atomic E-state index is -1.21. The van der Waals surface area contributed by atoms with E-state index in [-0.39, 0.29) is 11.5 Å². The van der Waals surface area contributed by atoms with Crippen molar-refractivity contribution in [1.29, 1.82) is 0 Å². The summed E-state index contributed by atoms with van der Waals surface area (Å²) in [6, 6.07) is 4.66. The maximum absolute atomic E-state index is 14.1. The van der Waals surface area contributed by atoms with Crippen molar-refractivity contribution in [3.05, 3.63) is 70.4 Å². The Kier molecular flexibility index (Phi) is 6.91. The van der Waals surface area contributed by atoms with Gasteiger partial charge in [0.1, 0.15) is 11.5 Å². The first kappa shape index (κ1) is 22.3. The van der Waals surface area contributed by atoms with E-state index in [0.717, 1.165) is 17.5 Å². The molecule has 3 N–H and O–H groups in total. The minimum absolute atomic E-state index is 0.140. The molecule has 2 heterocycles. The van der Waals surface area contributed by atoms with Gasteiger partial charge in [0, 0.05) is 23.5 Å². The molecule has 0 radical (unpaired) electrons. The van der Waals surface area contributed by atoms with Crippen molar-refractivity contribution in [1.82, 2.24) is 25.6 Å². The lowest BCUT2D eigenvalue weighted by atomic mass is 9.84. The van der Waals surface area contributed by atoms with E-state index in [9.17, 15) is 22.8 Å². The minimum Gasteiger partial charge on any atom is -0.323 e. The number of benzene rings is 1. The number of carbonyl (C=O) groups is 2. The van der Waals surface area contributed by atoms with Crippen molar-refractivity contribution in [2.45, 2.75) is 25.2 Å². The molecule has 0 aliphatic heterocycles. The van der Waals surface area contributed by atoms with Gasteiger partial charge in [0.2, 0.25) is 6.41 Å². The predicted octanol–water partition coefficient (Wildman–Crippen LogP) is 2.25. The first-order chi connectivity index (χ1) is 14.9. The molecule has 1 aliphatic carbocycles. The zero-order valence-corrected chi connectivity index (χ0v) is 17.0. The van der Waals surface area contributed by atoms with Gasteiger partial charge in [0.05, 0.1) is 5.69 Å². The average molecular weight is 433 g/mol. The first-order valence-corrected chi connectivity index (χ1v) is 9.61. The van der Waals surface area contributed by atoms with Crippen LogP contribution in [0, 0.1) is 17.5 Å². The van der Waals surface area contributed by atoms with E-state index in [4.69, 9.17) is 0 Å². The number of nitrogens with zero attached hydrogens (tertiary/aromatic N) is 2. The molecule has 1 unspecified atom stereocenters. The smallest absolute Gasteiger partial charge is 0.269 e. The first-order valence-electron chi connectivity index (χ1n) is 9.61. The lowest BCUT2D eigenvalue weighted by Crippen LogP contribution is -2.36. The average Bonchev–Trinajstić information content (AvgIpc) is 3.12. The molecule has 2 amide bonds. The second-order valence-electron chi connectivity index (χ2n) is 7.09. The van der Waals surface area contributed by atoms with Gasteiger partial charge in [-0.3, -0.25) is 20.4 Å². The van der Waals surface area contributed by atoms with Gasteiger partial charge in [-0.15, -0.1) is 0 Å². The second kappa shape index (κ2) is 9.61. The highest BCUT2D eigenvalue weighted by Crippen LogP contribution is 2.35. The fraction of sp³-hybridized carbons (Fsp3) is 0.286. The highest BCUT2D eigenvalue weighted by atomic mass is 19.2. The Hall–Kier alpha value is -3.40. The van der Waals surface area contributed by atoms with Gasteiger partial charge in [-0.1, -0.05) is 0 Å². The highest BCUT2D eigenvalue weighted by molar-refractivity contribution is 5.95. The van der Waals surface area contributed by atoms with E-state index in [2.05, 4.69) is 21.2 Å². The summed E-state index contributed by atoms with van der Waals surface area (Å²) in [5, 5.41) is 2.75. The lowest BCUT2D eigenvalue weighted by Gasteiger charge is -2.22. The quantitative estimate of drug-likeness (QED) is 0.335. The molecule has 31 heavy (non-hydrogen) atoms. The van der Waals surface area contributed by atoms with Crippen molar-refractivity contribution in [3.63, 3.8) is 0 Å². The van der Waals surface area contributed by atoms with Gasteiger partial charge >= 0.3 is 0 Å². The summed E-state index contributed by atoms with van der Waals surface area (Å²) >= 11 is 0. The van der Waals surface area contributed by atoms with E-state index in [1.54, 1.807) is 18.3 Å². The zero-order chi connectivity index (χ0) is 22.5. The number of aromatic nitrogens is 2. The Labute approximate surface area is 176 Å². The molecule has 0 spiro atoms. The maximum atomic E-state index is 14.1. The van der Waals surface area contributed by atoms with E-state index in [1.165, 1.54) is 0 Å². The molecule has 0 saturated carbocycles. The molecule has 10 heteroatoms. The molecule has 0 fully saturated rings. The standard InChI is InChI=1S/C19H15F3N4O2.C2H7N/c20-13-8-15(22)14(21)7-12(13)10-1-2-17-16(5-10)24-18-6-11(3-4-26(17)18)19(28)25-23-9-27;1-3-2/h3-4,6-10H,1-2,5H2,(H,23,27)(H,25,28);3H,1-2H3. The summed E-state index contributed by atoms with van der Waals surface area (Å²) in [7, 11) is 3.75. The number of carbonyl (C=O) groups excluding carboxylic acids is 2. The number of rotatable bonds is 4. The Bertz CT molecular complexity index is 1120. The number of halogens is 3. The topological polar surface area (TPSA) is 87.5 Å². The summed E-state index contributed by atoms with van der Waals surface area (Å²) in [6.45, 7) is 0. The molecule has 1 aromatic carbocycles. The number of amides is 2. The van der Waals surface area contributed by atoms with Crippen LogP contribution in [0.2, 0.25) is 0 Å². The summed E-state index contributed by atoms with van der Waals surface area (Å²) in [6.07, 6.45) is 3.58. The molecule has 0 bridgehead atoms. The molecule has 1 aliphatic rings. The molecule has 1 atom stereocenters. The highest BCUT2D eigenvalue weighted by Gasteiger charge is 2.27. The van der Waals surface area contributed by atoms with Gasteiger partial charge in [-0.05, 0) is 63.0 Å². The van der Waals surface area contributed by atoms with Gasteiger partial charge in [0.25, 0.3) is 5.91 Å². The van der Waals surface area contributed by atoms with Crippen molar-refractivity contribution in [2.24, 2.45) is 0 Å². The number of hydrogen-bond donors (Lipinski definition) is 3. The van der Waals surface area contributed by atoms with Gasteiger partial charge in [-0.2, -0.15) is 0 Å². The van der Waals surface area contributed by atoms with Gasteiger partial charge < -0.3 is 9.72 Å². The second-order valence-corrected chi connectivity index (χ2v) is 7.09. The lowest BCUT2D eigenvalue weighted by molar-refractivity contribution is -0.110. The third-order valence-corrected chi connectivity index (χ3v) is 4.96. The van der Waals surface area contributed by atoms with Crippen LogP contribution in [-0.2, 0) is 17.6 Å². The molecule has 0 saturated heterocycles. The SMILES string of the molecule is CNC.O=CNNC(=O)c1ccn2c3c(nc2c1)CC(c1cc(F)c(F)cc1F)CC3. The van der Waals surface area contributed by atoms with Gasteiger partial charge in [0.15, 0.2) is 11.6 Å². The number of fused-ring (bicyclic) bond motifs is 3. The van der Waals surface area contributed by atoms with E-state index in [0.29, 0.717) is 42.9 Å². The number of imidazole rings is 1.